The van der Waals surface area contributed by atoms with Crippen molar-refractivity contribution in [1.82, 2.24) is 4.90 Å². The number of likely N-dealkylation sites (tertiary alicyclic amines) is 1. The predicted molar refractivity (Wildman–Crippen MR) is 54.0 cm³/mol. The second-order valence-electron chi connectivity index (χ2n) is 4.92. The average Bonchev–Trinajstić information content (AvgIpc) is 2.63. The van der Waals surface area contributed by atoms with Crippen LogP contribution in [0.15, 0.2) is 0 Å². The molecule has 0 aromatic rings. The molecule has 2 aliphatic rings. The zero-order valence-corrected chi connectivity index (χ0v) is 9.21. The summed E-state index contributed by atoms with van der Waals surface area (Å²) in [6.07, 6.45) is -1.28. The molecule has 94 valence electrons. The van der Waals surface area contributed by atoms with Gasteiger partial charge in [0.15, 0.2) is 0 Å². The minimum Gasteiger partial charge on any atom is -0.391 e. The third kappa shape index (κ3) is 2.51. The third-order valence-electron chi connectivity index (χ3n) is 3.91. The van der Waals surface area contributed by atoms with Crippen molar-refractivity contribution in [3.05, 3.63) is 0 Å². The number of aliphatic hydroxyl groups is 1. The molecule has 1 aliphatic carbocycles. The molecular formula is C11H18F3NO. The Bertz CT molecular complexity index is 236. The Balaban J connectivity index is 1.85. The van der Waals surface area contributed by atoms with Crippen LogP contribution < -0.4 is 0 Å². The normalized spacial score (nSPS) is 34.5. The van der Waals surface area contributed by atoms with E-state index in [1.54, 1.807) is 0 Å². The molecule has 5 heteroatoms. The first-order valence-corrected chi connectivity index (χ1v) is 5.97. The van der Waals surface area contributed by atoms with E-state index in [9.17, 15) is 18.3 Å². The molecule has 16 heavy (non-hydrogen) atoms. The molecular weight excluding hydrogens is 219 g/mol. The Kier molecular flexibility index (Phi) is 3.45. The topological polar surface area (TPSA) is 23.5 Å². The van der Waals surface area contributed by atoms with E-state index in [1.165, 1.54) is 0 Å². The van der Waals surface area contributed by atoms with Crippen molar-refractivity contribution < 1.29 is 18.3 Å². The van der Waals surface area contributed by atoms with E-state index in [0.717, 1.165) is 19.3 Å². The highest BCUT2D eigenvalue weighted by atomic mass is 19.4. The molecule has 0 amide bonds. The molecule has 1 saturated heterocycles. The maximum absolute atomic E-state index is 12.5. The van der Waals surface area contributed by atoms with Gasteiger partial charge in [0.2, 0.25) is 0 Å². The lowest BCUT2D eigenvalue weighted by molar-refractivity contribution is -0.186. The molecule has 2 rings (SSSR count). The van der Waals surface area contributed by atoms with Crippen LogP contribution in [0.25, 0.3) is 0 Å². The lowest BCUT2D eigenvalue weighted by atomic mass is 9.94. The second-order valence-corrected chi connectivity index (χ2v) is 4.92. The molecule has 1 N–H and O–H groups in total. The molecule has 1 saturated carbocycles. The first-order chi connectivity index (χ1) is 7.48. The standard InChI is InChI=1S/C11H18F3NO/c12-11(13,14)8-4-6-15(7-5-8)9-2-1-3-10(9)16/h8-10,16H,1-7H2/t9-,10-/m1/s1. The minimum atomic E-state index is -4.04. The Hall–Kier alpha value is -0.290. The lowest BCUT2D eigenvalue weighted by Crippen LogP contribution is -2.47. The summed E-state index contributed by atoms with van der Waals surface area (Å²) in [6.45, 7) is 0.956. The average molecular weight is 237 g/mol. The predicted octanol–water partition coefficient (Wildman–Crippen LogP) is 2.17. The first-order valence-electron chi connectivity index (χ1n) is 5.97. The van der Waals surface area contributed by atoms with Crippen molar-refractivity contribution in [1.29, 1.82) is 0 Å². The maximum atomic E-state index is 12.5. The number of halogens is 3. The van der Waals surface area contributed by atoms with Crippen molar-refractivity contribution in [2.75, 3.05) is 13.1 Å². The SMILES string of the molecule is O[C@@H]1CCC[C@H]1N1CCC(C(F)(F)F)CC1. The first kappa shape index (κ1) is 12.2. The van der Waals surface area contributed by atoms with Gasteiger partial charge in [0.05, 0.1) is 12.0 Å². The fourth-order valence-corrected chi connectivity index (χ4v) is 2.91. The molecule has 0 bridgehead atoms. The lowest BCUT2D eigenvalue weighted by Gasteiger charge is -2.37. The van der Waals surface area contributed by atoms with Gasteiger partial charge in [-0.3, -0.25) is 4.90 Å². The number of alkyl halides is 3. The van der Waals surface area contributed by atoms with Crippen LogP contribution >= 0.6 is 0 Å². The van der Waals surface area contributed by atoms with E-state index in [0.29, 0.717) is 13.1 Å². The van der Waals surface area contributed by atoms with Gasteiger partial charge in [-0.15, -0.1) is 0 Å². The molecule has 0 aromatic heterocycles. The smallest absolute Gasteiger partial charge is 0.391 e. The summed E-state index contributed by atoms with van der Waals surface area (Å²) in [5.41, 5.74) is 0. The summed E-state index contributed by atoms with van der Waals surface area (Å²) in [6, 6.07) is 0.106. The zero-order chi connectivity index (χ0) is 11.8. The summed E-state index contributed by atoms with van der Waals surface area (Å²) in [4.78, 5) is 2.04. The van der Waals surface area contributed by atoms with Gasteiger partial charge in [-0.05, 0) is 45.2 Å². The van der Waals surface area contributed by atoms with E-state index in [4.69, 9.17) is 0 Å². The zero-order valence-electron chi connectivity index (χ0n) is 9.21. The van der Waals surface area contributed by atoms with E-state index >= 15 is 0 Å². The van der Waals surface area contributed by atoms with E-state index in [1.807, 2.05) is 4.90 Å². The Labute approximate surface area is 93.4 Å². The van der Waals surface area contributed by atoms with Crippen molar-refractivity contribution >= 4 is 0 Å². The number of rotatable bonds is 1. The van der Waals surface area contributed by atoms with Gasteiger partial charge in [0.25, 0.3) is 0 Å². The summed E-state index contributed by atoms with van der Waals surface area (Å²) in [7, 11) is 0. The summed E-state index contributed by atoms with van der Waals surface area (Å²) < 4.78 is 37.4. The van der Waals surface area contributed by atoms with E-state index in [2.05, 4.69) is 0 Å². The van der Waals surface area contributed by atoms with Crippen LogP contribution in [0, 0.1) is 5.92 Å². The van der Waals surface area contributed by atoms with E-state index in [-0.39, 0.29) is 25.0 Å². The van der Waals surface area contributed by atoms with Crippen molar-refractivity contribution in [2.24, 2.45) is 5.92 Å². The van der Waals surface area contributed by atoms with Crippen molar-refractivity contribution in [3.8, 4) is 0 Å². The highest BCUT2D eigenvalue weighted by Crippen LogP contribution is 2.36. The third-order valence-corrected chi connectivity index (χ3v) is 3.91. The number of hydrogen-bond acceptors (Lipinski definition) is 2. The molecule has 2 fully saturated rings. The van der Waals surface area contributed by atoms with Gasteiger partial charge in [-0.1, -0.05) is 0 Å². The highest BCUT2D eigenvalue weighted by molar-refractivity contribution is 4.88. The monoisotopic (exact) mass is 237 g/mol. The number of aliphatic hydroxyl groups excluding tert-OH is 1. The van der Waals surface area contributed by atoms with Crippen molar-refractivity contribution in [3.63, 3.8) is 0 Å². The molecule has 0 aromatic carbocycles. The molecule has 1 heterocycles. The quantitative estimate of drug-likeness (QED) is 0.755. The van der Waals surface area contributed by atoms with Crippen LogP contribution in [-0.2, 0) is 0 Å². The second kappa shape index (κ2) is 4.53. The Morgan fingerprint density at radius 3 is 2.06 bits per heavy atom. The molecule has 1 aliphatic heterocycles. The number of hydrogen-bond donors (Lipinski definition) is 1. The summed E-state index contributed by atoms with van der Waals surface area (Å²) in [5.74, 6) is -1.14. The van der Waals surface area contributed by atoms with Gasteiger partial charge in [-0.25, -0.2) is 0 Å². The molecule has 0 unspecified atom stereocenters. The summed E-state index contributed by atoms with van der Waals surface area (Å²) in [5, 5.41) is 9.70. The molecule has 2 nitrogen and oxygen atoms in total. The molecule has 0 radical (unpaired) electrons. The van der Waals surface area contributed by atoms with Crippen LogP contribution in [0.5, 0.6) is 0 Å². The van der Waals surface area contributed by atoms with Crippen LogP contribution in [0.4, 0.5) is 13.2 Å². The Morgan fingerprint density at radius 2 is 1.62 bits per heavy atom. The van der Waals surface area contributed by atoms with Crippen molar-refractivity contribution in [2.45, 2.75) is 50.4 Å². The van der Waals surface area contributed by atoms with Crippen LogP contribution in [0.2, 0.25) is 0 Å². The van der Waals surface area contributed by atoms with Gasteiger partial charge < -0.3 is 5.11 Å². The van der Waals surface area contributed by atoms with Gasteiger partial charge in [0, 0.05) is 6.04 Å². The largest absolute Gasteiger partial charge is 0.391 e. The Morgan fingerprint density at radius 1 is 1.00 bits per heavy atom. The molecule has 0 spiro atoms. The van der Waals surface area contributed by atoms with Gasteiger partial charge in [-0.2, -0.15) is 13.2 Å². The number of piperidine rings is 1. The van der Waals surface area contributed by atoms with Crippen LogP contribution in [0.3, 0.4) is 0 Å². The maximum Gasteiger partial charge on any atom is 0.391 e. The van der Waals surface area contributed by atoms with Gasteiger partial charge in [0.1, 0.15) is 0 Å². The fourth-order valence-electron chi connectivity index (χ4n) is 2.91. The summed E-state index contributed by atoms with van der Waals surface area (Å²) >= 11 is 0. The van der Waals surface area contributed by atoms with Gasteiger partial charge >= 0.3 is 6.18 Å². The fraction of sp³-hybridized carbons (Fsp3) is 1.00. The highest BCUT2D eigenvalue weighted by Gasteiger charge is 2.43. The van der Waals surface area contributed by atoms with Crippen LogP contribution in [-0.4, -0.2) is 41.4 Å². The van der Waals surface area contributed by atoms with E-state index < -0.39 is 12.1 Å². The minimum absolute atomic E-state index is 0.106. The molecule has 2 atom stereocenters. The van der Waals surface area contributed by atoms with Crippen LogP contribution in [0.1, 0.15) is 32.1 Å². The number of nitrogens with zero attached hydrogens (tertiary/aromatic N) is 1.